The summed E-state index contributed by atoms with van der Waals surface area (Å²) in [6.45, 7) is 1.44. The van der Waals surface area contributed by atoms with Crippen LogP contribution in [0.25, 0.3) is 0 Å². The van der Waals surface area contributed by atoms with E-state index in [4.69, 9.17) is 0 Å². The van der Waals surface area contributed by atoms with Crippen molar-refractivity contribution in [2.45, 2.75) is 13.0 Å². The van der Waals surface area contributed by atoms with E-state index in [-0.39, 0.29) is 11.3 Å². The third kappa shape index (κ3) is 2.59. The van der Waals surface area contributed by atoms with Gasteiger partial charge in [0, 0.05) is 5.56 Å². The predicted octanol–water partition coefficient (Wildman–Crippen LogP) is 4.56. The minimum Gasteiger partial charge on any atom is -0.376 e. The van der Waals surface area contributed by atoms with Crippen LogP contribution in [-0.4, -0.2) is 0 Å². The average Bonchev–Trinajstić information content (AvgIpc) is 2.42. The molecule has 2 aromatic carbocycles. The first-order chi connectivity index (χ1) is 9.41. The molecule has 1 nitrogen and oxygen atoms in total. The van der Waals surface area contributed by atoms with E-state index in [1.807, 2.05) is 0 Å². The largest absolute Gasteiger partial charge is 0.376 e. The molecule has 0 radical (unpaired) electrons. The van der Waals surface area contributed by atoms with Gasteiger partial charge in [-0.25, -0.2) is 22.0 Å². The summed E-state index contributed by atoms with van der Waals surface area (Å²) in [4.78, 5) is 0. The Hall–Kier alpha value is -2.11. The summed E-state index contributed by atoms with van der Waals surface area (Å²) in [5, 5.41) is 2.47. The van der Waals surface area contributed by atoms with Gasteiger partial charge in [-0.05, 0) is 25.1 Å². The minimum atomic E-state index is -1.62. The zero-order valence-corrected chi connectivity index (χ0v) is 10.4. The zero-order chi connectivity index (χ0) is 14.9. The van der Waals surface area contributed by atoms with Crippen molar-refractivity contribution < 1.29 is 22.0 Å². The van der Waals surface area contributed by atoms with Gasteiger partial charge in [-0.1, -0.05) is 12.1 Å². The summed E-state index contributed by atoms with van der Waals surface area (Å²) in [5.41, 5.74) is -0.380. The zero-order valence-electron chi connectivity index (χ0n) is 10.4. The molecule has 0 aliphatic heterocycles. The molecule has 0 fully saturated rings. The molecule has 6 heteroatoms. The summed E-state index contributed by atoms with van der Waals surface area (Å²) < 4.78 is 66.0. The first-order valence-electron chi connectivity index (χ1n) is 5.75. The lowest BCUT2D eigenvalue weighted by atomic mass is 10.1. The fourth-order valence-electron chi connectivity index (χ4n) is 1.80. The topological polar surface area (TPSA) is 12.0 Å². The van der Waals surface area contributed by atoms with Crippen LogP contribution in [0.5, 0.6) is 0 Å². The van der Waals surface area contributed by atoms with E-state index in [1.165, 1.54) is 19.1 Å². The molecule has 2 aromatic rings. The van der Waals surface area contributed by atoms with Crippen molar-refractivity contribution in [2.75, 3.05) is 5.32 Å². The lowest BCUT2D eigenvalue weighted by molar-refractivity contribution is 0.448. The quantitative estimate of drug-likeness (QED) is 0.645. The summed E-state index contributed by atoms with van der Waals surface area (Å²) in [6.07, 6.45) is 0. The average molecular weight is 287 g/mol. The van der Waals surface area contributed by atoms with Crippen LogP contribution in [0.3, 0.4) is 0 Å². The Balaban J connectivity index is 2.30. The maximum absolute atomic E-state index is 13.6. The lowest BCUT2D eigenvalue weighted by Gasteiger charge is -2.17. The Kier molecular flexibility index (Phi) is 3.92. The fraction of sp³-hybridized carbons (Fsp3) is 0.143. The van der Waals surface area contributed by atoms with E-state index >= 15 is 0 Å². The Labute approximate surface area is 112 Å². The van der Waals surface area contributed by atoms with Gasteiger partial charge in [0.2, 0.25) is 0 Å². The van der Waals surface area contributed by atoms with E-state index in [0.29, 0.717) is 0 Å². The van der Waals surface area contributed by atoms with Crippen molar-refractivity contribution in [3.8, 4) is 0 Å². The molecule has 0 aliphatic carbocycles. The monoisotopic (exact) mass is 287 g/mol. The molecule has 0 aromatic heterocycles. The lowest BCUT2D eigenvalue weighted by Crippen LogP contribution is -2.11. The second-order valence-electron chi connectivity index (χ2n) is 4.23. The molecule has 0 bridgehead atoms. The standard InChI is InChI=1S/C14H10F5N/c1-7(8-3-2-4-9(15)12(8)17)20-11-6-5-10(16)13(18)14(11)19/h2-7,20H,1H3. The molecule has 1 N–H and O–H groups in total. The number of hydrogen-bond donors (Lipinski definition) is 1. The first kappa shape index (κ1) is 14.3. The molecule has 2 rings (SSSR count). The van der Waals surface area contributed by atoms with Gasteiger partial charge >= 0.3 is 0 Å². The van der Waals surface area contributed by atoms with Crippen molar-refractivity contribution >= 4 is 5.69 Å². The molecule has 1 unspecified atom stereocenters. The highest BCUT2D eigenvalue weighted by molar-refractivity contribution is 5.47. The Morgan fingerprint density at radius 2 is 1.45 bits per heavy atom. The van der Waals surface area contributed by atoms with E-state index in [0.717, 1.165) is 18.2 Å². The second kappa shape index (κ2) is 5.48. The smallest absolute Gasteiger partial charge is 0.196 e. The molecule has 0 saturated heterocycles. The number of benzene rings is 2. The summed E-state index contributed by atoms with van der Waals surface area (Å²) >= 11 is 0. The van der Waals surface area contributed by atoms with Crippen LogP contribution in [0, 0.1) is 29.1 Å². The van der Waals surface area contributed by atoms with Gasteiger partial charge in [-0.15, -0.1) is 0 Å². The van der Waals surface area contributed by atoms with Crippen LogP contribution in [-0.2, 0) is 0 Å². The van der Waals surface area contributed by atoms with Crippen molar-refractivity contribution in [3.63, 3.8) is 0 Å². The van der Waals surface area contributed by atoms with Crippen LogP contribution >= 0.6 is 0 Å². The number of halogens is 5. The molecule has 1 atom stereocenters. The summed E-state index contributed by atoms with van der Waals surface area (Å²) in [5.74, 6) is -6.47. The van der Waals surface area contributed by atoms with Gasteiger partial charge in [-0.2, -0.15) is 0 Å². The molecule has 0 spiro atoms. The number of rotatable bonds is 3. The predicted molar refractivity (Wildman–Crippen MR) is 64.7 cm³/mol. The van der Waals surface area contributed by atoms with Crippen LogP contribution < -0.4 is 5.32 Å². The van der Waals surface area contributed by atoms with Gasteiger partial charge in [-0.3, -0.25) is 0 Å². The SMILES string of the molecule is CC(Nc1ccc(F)c(F)c1F)c1cccc(F)c1F. The van der Waals surface area contributed by atoms with Crippen LogP contribution in [0.1, 0.15) is 18.5 Å². The van der Waals surface area contributed by atoms with Gasteiger partial charge in [0.1, 0.15) is 0 Å². The maximum atomic E-state index is 13.6. The third-order valence-corrected chi connectivity index (χ3v) is 2.86. The van der Waals surface area contributed by atoms with E-state index in [9.17, 15) is 22.0 Å². The second-order valence-corrected chi connectivity index (χ2v) is 4.23. The summed E-state index contributed by atoms with van der Waals surface area (Å²) in [7, 11) is 0. The fourth-order valence-corrected chi connectivity index (χ4v) is 1.80. The molecule has 0 saturated carbocycles. The number of anilines is 1. The molecule has 0 amide bonds. The highest BCUT2D eigenvalue weighted by Gasteiger charge is 2.18. The Morgan fingerprint density at radius 1 is 0.800 bits per heavy atom. The molecule has 20 heavy (non-hydrogen) atoms. The third-order valence-electron chi connectivity index (χ3n) is 2.86. The molecule has 0 heterocycles. The molecular weight excluding hydrogens is 277 g/mol. The van der Waals surface area contributed by atoms with E-state index in [2.05, 4.69) is 5.32 Å². The highest BCUT2D eigenvalue weighted by Crippen LogP contribution is 2.26. The minimum absolute atomic E-state index is 0.0471. The van der Waals surface area contributed by atoms with Crippen molar-refractivity contribution in [1.29, 1.82) is 0 Å². The van der Waals surface area contributed by atoms with Gasteiger partial charge in [0.25, 0.3) is 0 Å². The van der Waals surface area contributed by atoms with E-state index < -0.39 is 35.1 Å². The Bertz CT molecular complexity index is 642. The highest BCUT2D eigenvalue weighted by atomic mass is 19.2. The van der Waals surface area contributed by atoms with Crippen LogP contribution in [0.15, 0.2) is 30.3 Å². The number of nitrogens with one attached hydrogen (secondary N) is 1. The van der Waals surface area contributed by atoms with E-state index in [1.54, 1.807) is 0 Å². The van der Waals surface area contributed by atoms with Crippen LogP contribution in [0.4, 0.5) is 27.6 Å². The van der Waals surface area contributed by atoms with Crippen molar-refractivity contribution in [1.82, 2.24) is 0 Å². The molecule has 106 valence electrons. The summed E-state index contributed by atoms with van der Waals surface area (Å²) in [6, 6.07) is 4.46. The van der Waals surface area contributed by atoms with Crippen LogP contribution in [0.2, 0.25) is 0 Å². The molecular formula is C14H10F5N. The normalized spacial score (nSPS) is 12.3. The van der Waals surface area contributed by atoms with Gasteiger partial charge in [0.05, 0.1) is 11.7 Å². The molecule has 0 aliphatic rings. The first-order valence-corrected chi connectivity index (χ1v) is 5.75. The van der Waals surface area contributed by atoms with Gasteiger partial charge in [0.15, 0.2) is 29.1 Å². The Morgan fingerprint density at radius 3 is 2.15 bits per heavy atom. The van der Waals surface area contributed by atoms with Gasteiger partial charge < -0.3 is 5.32 Å². The number of hydrogen-bond acceptors (Lipinski definition) is 1. The van der Waals surface area contributed by atoms with Crippen molar-refractivity contribution in [2.24, 2.45) is 0 Å². The van der Waals surface area contributed by atoms with Crippen molar-refractivity contribution in [3.05, 3.63) is 65.0 Å². The maximum Gasteiger partial charge on any atom is 0.196 e.